The van der Waals surface area contributed by atoms with E-state index in [9.17, 15) is 9.59 Å². The summed E-state index contributed by atoms with van der Waals surface area (Å²) in [6.45, 7) is 0. The Bertz CT molecular complexity index is 667. The van der Waals surface area contributed by atoms with Crippen molar-refractivity contribution in [2.24, 2.45) is 0 Å². The van der Waals surface area contributed by atoms with Crippen LogP contribution in [0.25, 0.3) is 11.4 Å². The normalized spacial score (nSPS) is 13.3. The quantitative estimate of drug-likeness (QED) is 0.711. The molecule has 6 heteroatoms. The van der Waals surface area contributed by atoms with Crippen molar-refractivity contribution in [1.29, 1.82) is 0 Å². The molecular formula is C12H8N4O2. The van der Waals surface area contributed by atoms with Crippen molar-refractivity contribution in [1.82, 2.24) is 15.3 Å². The van der Waals surface area contributed by atoms with Gasteiger partial charge in [0.2, 0.25) is 0 Å². The van der Waals surface area contributed by atoms with Crippen molar-refractivity contribution < 1.29 is 9.59 Å². The van der Waals surface area contributed by atoms with Gasteiger partial charge in [0.1, 0.15) is 17.1 Å². The van der Waals surface area contributed by atoms with Crippen LogP contribution in [-0.4, -0.2) is 21.8 Å². The lowest BCUT2D eigenvalue weighted by molar-refractivity contribution is 0.0878. The number of aromatic nitrogens is 2. The lowest BCUT2D eigenvalue weighted by Crippen LogP contribution is -2.20. The van der Waals surface area contributed by atoms with Crippen molar-refractivity contribution >= 4 is 17.6 Å². The van der Waals surface area contributed by atoms with Gasteiger partial charge in [0.05, 0.1) is 0 Å². The second-order valence-electron chi connectivity index (χ2n) is 3.81. The van der Waals surface area contributed by atoms with Gasteiger partial charge in [0, 0.05) is 5.56 Å². The topological polar surface area (TPSA) is 98.0 Å². The van der Waals surface area contributed by atoms with Crippen molar-refractivity contribution in [3.8, 4) is 11.4 Å². The highest BCUT2D eigenvalue weighted by molar-refractivity contribution is 6.22. The summed E-state index contributed by atoms with van der Waals surface area (Å²) in [6.07, 6.45) is 0. The number of hydrogen-bond donors (Lipinski definition) is 2. The molecule has 2 amide bonds. The number of anilines is 1. The van der Waals surface area contributed by atoms with Crippen LogP contribution in [0.5, 0.6) is 0 Å². The van der Waals surface area contributed by atoms with Crippen LogP contribution in [0.15, 0.2) is 30.3 Å². The molecule has 2 heterocycles. The van der Waals surface area contributed by atoms with Crippen molar-refractivity contribution in [2.45, 2.75) is 0 Å². The van der Waals surface area contributed by atoms with E-state index in [1.54, 1.807) is 12.1 Å². The number of nitrogens with zero attached hydrogens (tertiary/aromatic N) is 2. The zero-order valence-electron chi connectivity index (χ0n) is 9.18. The van der Waals surface area contributed by atoms with Gasteiger partial charge in [-0.25, -0.2) is 9.97 Å². The zero-order valence-corrected chi connectivity index (χ0v) is 9.18. The molecule has 18 heavy (non-hydrogen) atoms. The Morgan fingerprint density at radius 1 is 1.00 bits per heavy atom. The number of rotatable bonds is 1. The number of benzene rings is 1. The first-order valence-corrected chi connectivity index (χ1v) is 5.25. The van der Waals surface area contributed by atoms with Crippen LogP contribution in [0, 0.1) is 0 Å². The predicted molar refractivity (Wildman–Crippen MR) is 63.7 cm³/mol. The van der Waals surface area contributed by atoms with E-state index in [1.165, 1.54) is 0 Å². The lowest BCUT2D eigenvalue weighted by atomic mass is 10.2. The molecule has 0 aliphatic carbocycles. The van der Waals surface area contributed by atoms with Crippen LogP contribution >= 0.6 is 0 Å². The number of carbonyl (C=O) groups excluding carboxylic acids is 2. The van der Waals surface area contributed by atoms with Gasteiger partial charge in [-0.3, -0.25) is 14.9 Å². The van der Waals surface area contributed by atoms with Crippen molar-refractivity contribution in [3.63, 3.8) is 0 Å². The summed E-state index contributed by atoms with van der Waals surface area (Å²) < 4.78 is 0. The summed E-state index contributed by atoms with van der Waals surface area (Å²) in [5.41, 5.74) is 6.52. The summed E-state index contributed by atoms with van der Waals surface area (Å²) in [5, 5.41) is 2.14. The van der Waals surface area contributed by atoms with E-state index in [0.29, 0.717) is 5.82 Å². The molecule has 0 fully saturated rings. The monoisotopic (exact) mass is 240 g/mol. The molecule has 1 aliphatic rings. The van der Waals surface area contributed by atoms with Crippen LogP contribution in [-0.2, 0) is 0 Å². The third kappa shape index (κ3) is 1.43. The molecule has 3 N–H and O–H groups in total. The van der Waals surface area contributed by atoms with Crippen LogP contribution in [0.2, 0.25) is 0 Å². The van der Waals surface area contributed by atoms with Crippen molar-refractivity contribution in [2.75, 3.05) is 5.73 Å². The highest BCUT2D eigenvalue weighted by atomic mass is 16.2. The molecule has 0 spiro atoms. The van der Waals surface area contributed by atoms with Crippen molar-refractivity contribution in [3.05, 3.63) is 41.6 Å². The van der Waals surface area contributed by atoms with E-state index in [2.05, 4.69) is 15.3 Å². The van der Waals surface area contributed by atoms with Crippen LogP contribution in [0.4, 0.5) is 5.82 Å². The molecule has 0 bridgehead atoms. The molecule has 0 saturated carbocycles. The molecule has 0 radical (unpaired) electrons. The molecule has 2 aromatic rings. The van der Waals surface area contributed by atoms with E-state index in [4.69, 9.17) is 5.73 Å². The highest BCUT2D eigenvalue weighted by Crippen LogP contribution is 2.23. The van der Waals surface area contributed by atoms with Gasteiger partial charge >= 0.3 is 0 Å². The Balaban J connectivity index is 2.22. The van der Waals surface area contributed by atoms with Gasteiger partial charge in [-0.2, -0.15) is 0 Å². The van der Waals surface area contributed by atoms with Gasteiger partial charge in [0.15, 0.2) is 5.82 Å². The first-order chi connectivity index (χ1) is 8.66. The van der Waals surface area contributed by atoms with Crippen LogP contribution < -0.4 is 11.1 Å². The standard InChI is InChI=1S/C12H8N4O2/c13-9-7-8(12(18)16-11(7)17)14-10(15-9)6-4-2-1-3-5-6/h1-5H,(H2,13,14,15)(H,16,17,18). The smallest absolute Gasteiger partial charge is 0.277 e. The van der Waals surface area contributed by atoms with Gasteiger partial charge in [0.25, 0.3) is 11.8 Å². The average molecular weight is 240 g/mol. The molecule has 88 valence electrons. The molecule has 1 aromatic heterocycles. The minimum Gasteiger partial charge on any atom is -0.383 e. The molecule has 1 aromatic carbocycles. The Kier molecular flexibility index (Phi) is 2.09. The minimum atomic E-state index is -0.549. The average Bonchev–Trinajstić information content (AvgIpc) is 2.66. The molecule has 3 rings (SSSR count). The summed E-state index contributed by atoms with van der Waals surface area (Å²) in [7, 11) is 0. The van der Waals surface area contributed by atoms with E-state index in [0.717, 1.165) is 5.56 Å². The van der Waals surface area contributed by atoms with Gasteiger partial charge < -0.3 is 5.73 Å². The van der Waals surface area contributed by atoms with E-state index in [-0.39, 0.29) is 17.1 Å². The third-order valence-corrected chi connectivity index (χ3v) is 2.64. The van der Waals surface area contributed by atoms with Crippen LogP contribution in [0.3, 0.4) is 0 Å². The molecule has 0 atom stereocenters. The van der Waals surface area contributed by atoms with E-state index < -0.39 is 11.8 Å². The summed E-state index contributed by atoms with van der Waals surface area (Å²) in [6, 6.07) is 9.11. The number of carbonyl (C=O) groups is 2. The van der Waals surface area contributed by atoms with Gasteiger partial charge in [-0.1, -0.05) is 30.3 Å². The summed E-state index contributed by atoms with van der Waals surface area (Å²) in [5.74, 6) is -0.743. The fraction of sp³-hybridized carbons (Fsp3) is 0. The SMILES string of the molecule is Nc1nc(-c2ccccc2)nc2c1C(=O)NC2=O. The van der Waals surface area contributed by atoms with Gasteiger partial charge in [-0.05, 0) is 0 Å². The highest BCUT2D eigenvalue weighted by Gasteiger charge is 2.32. The molecular weight excluding hydrogens is 232 g/mol. The Labute approximate surface area is 102 Å². The maximum Gasteiger partial charge on any atom is 0.277 e. The second kappa shape index (κ2) is 3.63. The summed E-state index contributed by atoms with van der Waals surface area (Å²) in [4.78, 5) is 31.1. The number of nitrogens with one attached hydrogen (secondary N) is 1. The maximum atomic E-state index is 11.5. The fourth-order valence-electron chi connectivity index (χ4n) is 1.81. The van der Waals surface area contributed by atoms with Crippen LogP contribution in [0.1, 0.15) is 20.8 Å². The third-order valence-electron chi connectivity index (χ3n) is 2.64. The number of hydrogen-bond acceptors (Lipinski definition) is 5. The Hall–Kier alpha value is -2.76. The molecule has 6 nitrogen and oxygen atoms in total. The molecule has 0 unspecified atom stereocenters. The first-order valence-electron chi connectivity index (χ1n) is 5.25. The largest absolute Gasteiger partial charge is 0.383 e. The minimum absolute atomic E-state index is 0.0159. The Morgan fingerprint density at radius 2 is 1.72 bits per heavy atom. The second-order valence-corrected chi connectivity index (χ2v) is 3.81. The van der Waals surface area contributed by atoms with Gasteiger partial charge in [-0.15, -0.1) is 0 Å². The maximum absolute atomic E-state index is 11.5. The zero-order chi connectivity index (χ0) is 12.7. The molecule has 0 saturated heterocycles. The fourth-order valence-corrected chi connectivity index (χ4v) is 1.81. The number of nitrogen functional groups attached to an aromatic ring is 1. The first kappa shape index (κ1) is 10.4. The van der Waals surface area contributed by atoms with E-state index in [1.807, 2.05) is 18.2 Å². The number of imide groups is 1. The summed E-state index contributed by atoms with van der Waals surface area (Å²) >= 11 is 0. The number of fused-ring (bicyclic) bond motifs is 1. The lowest BCUT2D eigenvalue weighted by Gasteiger charge is -2.03. The number of amides is 2. The van der Waals surface area contributed by atoms with E-state index >= 15 is 0 Å². The predicted octanol–water partition coefficient (Wildman–Crippen LogP) is 0.609. The Morgan fingerprint density at radius 3 is 2.44 bits per heavy atom. The number of nitrogens with two attached hydrogens (primary N) is 1. The molecule has 1 aliphatic heterocycles.